The van der Waals surface area contributed by atoms with Gasteiger partial charge >= 0.3 is 0 Å². The summed E-state index contributed by atoms with van der Waals surface area (Å²) in [4.78, 5) is 24.7. The lowest BCUT2D eigenvalue weighted by Crippen LogP contribution is -2.32. The van der Waals surface area contributed by atoms with Crippen LogP contribution in [0.2, 0.25) is 0 Å². The molecule has 0 aliphatic heterocycles. The molecule has 0 radical (unpaired) electrons. The number of pyridine rings is 1. The largest absolute Gasteiger partial charge is 0.389 e. The summed E-state index contributed by atoms with van der Waals surface area (Å²) in [5.74, 6) is -0.311. The molecule has 0 saturated heterocycles. The highest BCUT2D eigenvalue weighted by molar-refractivity contribution is 5.91. The van der Waals surface area contributed by atoms with Gasteiger partial charge in [-0.05, 0) is 30.5 Å². The minimum atomic E-state index is -0.915. The Morgan fingerprint density at radius 2 is 1.83 bits per heavy atom. The Hall–Kier alpha value is -2.40. The Bertz CT molecular complexity index is 762. The molecule has 24 heavy (non-hydrogen) atoms. The molecule has 1 heterocycles. The van der Waals surface area contributed by atoms with E-state index in [0.717, 1.165) is 18.4 Å². The molecule has 1 aliphatic carbocycles. The predicted octanol–water partition coefficient (Wildman–Crippen LogP) is 2.53. The number of hydrogen-bond donors (Lipinski definition) is 2. The quantitative estimate of drug-likeness (QED) is 0.887. The third kappa shape index (κ3) is 3.92. The fourth-order valence-electron chi connectivity index (χ4n) is 3.24. The first-order valence-corrected chi connectivity index (χ1v) is 8.31. The summed E-state index contributed by atoms with van der Waals surface area (Å²) in [6.07, 6.45) is 4.93. The normalized spacial score (nSPS) is 16.0. The van der Waals surface area contributed by atoms with Crippen LogP contribution in [0, 0.1) is 0 Å². The van der Waals surface area contributed by atoms with Gasteiger partial charge in [0.2, 0.25) is 5.91 Å². The summed E-state index contributed by atoms with van der Waals surface area (Å²) in [5.41, 5.74) is 0.110. The molecule has 1 amide bonds. The second-order valence-electron chi connectivity index (χ2n) is 6.50. The molecular formula is C19H22N2O3. The third-order valence-electron chi connectivity index (χ3n) is 4.51. The number of carbonyl (C=O) groups is 1. The smallest absolute Gasteiger partial charge is 0.274 e. The van der Waals surface area contributed by atoms with Crippen molar-refractivity contribution in [1.82, 2.24) is 4.57 Å². The molecule has 0 bridgehead atoms. The Labute approximate surface area is 140 Å². The molecule has 1 aromatic carbocycles. The van der Waals surface area contributed by atoms with Crippen LogP contribution >= 0.6 is 0 Å². The zero-order valence-electron chi connectivity index (χ0n) is 13.6. The molecule has 1 fully saturated rings. The summed E-state index contributed by atoms with van der Waals surface area (Å²) in [7, 11) is 0. The predicted molar refractivity (Wildman–Crippen MR) is 92.9 cm³/mol. The van der Waals surface area contributed by atoms with Crippen molar-refractivity contribution in [2.24, 2.45) is 0 Å². The summed E-state index contributed by atoms with van der Waals surface area (Å²) in [6.45, 7) is 0.452. The molecule has 2 aromatic rings. The van der Waals surface area contributed by atoms with Crippen LogP contribution in [0.5, 0.6) is 0 Å². The number of aliphatic hydroxyl groups is 1. The van der Waals surface area contributed by atoms with Crippen LogP contribution in [0.1, 0.15) is 37.7 Å². The van der Waals surface area contributed by atoms with Gasteiger partial charge in [-0.15, -0.1) is 0 Å². The van der Waals surface area contributed by atoms with Crippen molar-refractivity contribution in [3.63, 3.8) is 0 Å². The first-order valence-electron chi connectivity index (χ1n) is 8.31. The number of rotatable bonds is 5. The molecule has 0 spiro atoms. The molecule has 3 rings (SSSR count). The average molecular weight is 326 g/mol. The van der Waals surface area contributed by atoms with Crippen LogP contribution in [0.3, 0.4) is 0 Å². The van der Waals surface area contributed by atoms with E-state index in [9.17, 15) is 14.7 Å². The van der Waals surface area contributed by atoms with Gasteiger partial charge < -0.3 is 15.0 Å². The summed E-state index contributed by atoms with van der Waals surface area (Å²) < 4.78 is 1.56. The van der Waals surface area contributed by atoms with Gasteiger partial charge in [-0.1, -0.05) is 43.2 Å². The maximum Gasteiger partial charge on any atom is 0.274 e. The first-order chi connectivity index (χ1) is 11.6. The van der Waals surface area contributed by atoms with E-state index in [1.165, 1.54) is 0 Å². The molecule has 1 aliphatic rings. The minimum absolute atomic E-state index is 0.0417. The molecule has 5 heteroatoms. The summed E-state index contributed by atoms with van der Waals surface area (Å²) >= 11 is 0. The second kappa shape index (κ2) is 7.01. The van der Waals surface area contributed by atoms with Crippen molar-refractivity contribution in [2.75, 3.05) is 5.32 Å². The van der Waals surface area contributed by atoms with Gasteiger partial charge in [0, 0.05) is 6.20 Å². The highest BCUT2D eigenvalue weighted by atomic mass is 16.3. The van der Waals surface area contributed by atoms with Crippen LogP contribution in [0.4, 0.5) is 5.69 Å². The number of amides is 1. The summed E-state index contributed by atoms with van der Waals surface area (Å²) in [5, 5.41) is 13.0. The Kier molecular flexibility index (Phi) is 4.81. The lowest BCUT2D eigenvalue weighted by molar-refractivity contribution is -0.120. The van der Waals surface area contributed by atoms with Crippen LogP contribution < -0.4 is 10.9 Å². The van der Waals surface area contributed by atoms with Crippen molar-refractivity contribution in [1.29, 1.82) is 0 Å². The average Bonchev–Trinajstić information content (AvgIpc) is 2.98. The Morgan fingerprint density at radius 1 is 1.12 bits per heavy atom. The maximum atomic E-state index is 12.5. The summed E-state index contributed by atoms with van der Waals surface area (Å²) in [6, 6.07) is 13.0. The monoisotopic (exact) mass is 326 g/mol. The van der Waals surface area contributed by atoms with Gasteiger partial charge in [0.15, 0.2) is 0 Å². The number of aromatic nitrogens is 1. The number of nitrogens with zero attached hydrogens (tertiary/aromatic N) is 1. The molecule has 2 N–H and O–H groups in total. The number of carbonyl (C=O) groups excluding carboxylic acids is 1. The zero-order chi connectivity index (χ0) is 17.0. The lowest BCUT2D eigenvalue weighted by Gasteiger charge is -2.21. The number of anilines is 1. The van der Waals surface area contributed by atoms with Crippen molar-refractivity contribution in [3.05, 3.63) is 64.6 Å². The van der Waals surface area contributed by atoms with Crippen molar-refractivity contribution in [2.45, 2.75) is 44.2 Å². The van der Waals surface area contributed by atoms with Crippen LogP contribution in [0.25, 0.3) is 0 Å². The fraction of sp³-hybridized carbons (Fsp3) is 0.368. The van der Waals surface area contributed by atoms with Gasteiger partial charge in [0.25, 0.3) is 5.56 Å². The van der Waals surface area contributed by atoms with E-state index < -0.39 is 5.60 Å². The van der Waals surface area contributed by atoms with E-state index in [4.69, 9.17) is 0 Å². The zero-order valence-corrected chi connectivity index (χ0v) is 13.6. The fourth-order valence-corrected chi connectivity index (χ4v) is 3.24. The second-order valence-corrected chi connectivity index (χ2v) is 6.50. The topological polar surface area (TPSA) is 71.3 Å². The highest BCUT2D eigenvalue weighted by Gasteiger charge is 2.33. The van der Waals surface area contributed by atoms with Gasteiger partial charge in [-0.3, -0.25) is 9.59 Å². The molecule has 126 valence electrons. The molecule has 1 saturated carbocycles. The van der Waals surface area contributed by atoms with Gasteiger partial charge in [-0.25, -0.2) is 0 Å². The van der Waals surface area contributed by atoms with E-state index in [-0.39, 0.29) is 23.6 Å². The number of hydrogen-bond acceptors (Lipinski definition) is 3. The van der Waals surface area contributed by atoms with E-state index in [0.29, 0.717) is 19.4 Å². The molecule has 0 atom stereocenters. The Balaban J connectivity index is 1.71. The highest BCUT2D eigenvalue weighted by Crippen LogP contribution is 2.32. The molecule has 5 nitrogen and oxygen atoms in total. The van der Waals surface area contributed by atoms with Crippen molar-refractivity contribution >= 4 is 11.6 Å². The van der Waals surface area contributed by atoms with Crippen molar-refractivity contribution in [3.8, 4) is 0 Å². The van der Waals surface area contributed by atoms with E-state index in [2.05, 4.69) is 5.32 Å². The standard InChI is InChI=1S/C19H22N2O3/c22-17(13-19(24)10-4-5-11-19)20-16-9-6-12-21(18(16)23)14-15-7-2-1-3-8-15/h1-3,6-9,12,24H,4-5,10-11,13-14H2,(H,20,22). The van der Waals surface area contributed by atoms with Crippen LogP contribution in [-0.2, 0) is 11.3 Å². The number of benzene rings is 1. The van der Waals surface area contributed by atoms with Gasteiger partial charge in [-0.2, -0.15) is 0 Å². The van der Waals surface area contributed by atoms with E-state index in [1.807, 2.05) is 30.3 Å². The minimum Gasteiger partial charge on any atom is -0.389 e. The lowest BCUT2D eigenvalue weighted by atomic mass is 9.98. The van der Waals surface area contributed by atoms with Crippen LogP contribution in [-0.4, -0.2) is 21.2 Å². The first kappa shape index (κ1) is 16.5. The SMILES string of the molecule is O=C(CC1(O)CCCC1)Nc1cccn(Cc2ccccc2)c1=O. The number of nitrogens with one attached hydrogen (secondary N) is 1. The van der Waals surface area contributed by atoms with E-state index in [1.54, 1.807) is 22.9 Å². The third-order valence-corrected chi connectivity index (χ3v) is 4.51. The van der Waals surface area contributed by atoms with Crippen molar-refractivity contribution < 1.29 is 9.90 Å². The van der Waals surface area contributed by atoms with Crippen LogP contribution in [0.15, 0.2) is 53.5 Å². The Morgan fingerprint density at radius 3 is 2.54 bits per heavy atom. The van der Waals surface area contributed by atoms with E-state index >= 15 is 0 Å². The van der Waals surface area contributed by atoms with Gasteiger partial charge in [0.1, 0.15) is 5.69 Å². The molecule has 0 unspecified atom stereocenters. The molecule has 1 aromatic heterocycles. The molecular weight excluding hydrogens is 304 g/mol. The maximum absolute atomic E-state index is 12.5. The van der Waals surface area contributed by atoms with Gasteiger partial charge in [0.05, 0.1) is 18.6 Å².